The van der Waals surface area contributed by atoms with E-state index < -0.39 is 0 Å². The van der Waals surface area contributed by atoms with Crippen molar-refractivity contribution in [3.63, 3.8) is 0 Å². The summed E-state index contributed by atoms with van der Waals surface area (Å²) in [6.07, 6.45) is 1.98. The molecule has 0 N–H and O–H groups in total. The molecule has 0 amide bonds. The summed E-state index contributed by atoms with van der Waals surface area (Å²) in [6, 6.07) is 7.44. The van der Waals surface area contributed by atoms with Gasteiger partial charge in [0.2, 0.25) is 0 Å². The Bertz CT molecular complexity index is 511. The van der Waals surface area contributed by atoms with Gasteiger partial charge in [0.1, 0.15) is 17.1 Å². The van der Waals surface area contributed by atoms with E-state index in [2.05, 4.69) is 6.92 Å². The smallest absolute Gasteiger partial charge is 0.308 e. The molecule has 16 heavy (non-hydrogen) atoms. The van der Waals surface area contributed by atoms with E-state index in [1.165, 1.54) is 6.92 Å². The molecule has 0 atom stereocenters. The quantitative estimate of drug-likeness (QED) is 0.586. The largest absolute Gasteiger partial charge is 0.461 e. The number of hydrogen-bond acceptors (Lipinski definition) is 3. The highest BCUT2D eigenvalue weighted by molar-refractivity contribution is 5.80. The number of carbonyl (C=O) groups excluding carboxylic acids is 1. The first-order valence-corrected chi connectivity index (χ1v) is 5.40. The summed E-state index contributed by atoms with van der Waals surface area (Å²) in [5, 5.41) is 1.04. The molecular weight excluding hydrogens is 204 g/mol. The van der Waals surface area contributed by atoms with Gasteiger partial charge in [0.25, 0.3) is 0 Å². The van der Waals surface area contributed by atoms with Gasteiger partial charge in [-0.25, -0.2) is 0 Å². The van der Waals surface area contributed by atoms with E-state index in [1.807, 2.05) is 12.1 Å². The van der Waals surface area contributed by atoms with Gasteiger partial charge in [-0.05, 0) is 24.6 Å². The Kier molecular flexibility index (Phi) is 2.95. The molecule has 0 fully saturated rings. The van der Waals surface area contributed by atoms with Gasteiger partial charge in [-0.2, -0.15) is 0 Å². The van der Waals surface area contributed by atoms with E-state index in [-0.39, 0.29) is 5.97 Å². The van der Waals surface area contributed by atoms with Crippen LogP contribution in [-0.4, -0.2) is 5.97 Å². The van der Waals surface area contributed by atoms with Crippen LogP contribution in [0.1, 0.15) is 26.0 Å². The van der Waals surface area contributed by atoms with Crippen molar-refractivity contribution in [3.05, 3.63) is 30.0 Å². The number of ether oxygens (including phenoxy) is 1. The first-order chi connectivity index (χ1) is 7.69. The molecule has 2 rings (SSSR count). The summed E-state index contributed by atoms with van der Waals surface area (Å²) in [5.74, 6) is 1.18. The van der Waals surface area contributed by atoms with Gasteiger partial charge in [-0.3, -0.25) is 4.79 Å². The van der Waals surface area contributed by atoms with Crippen LogP contribution in [0, 0.1) is 0 Å². The standard InChI is InChI=1S/C13H14O3/c1-3-4-11-7-10-5-6-12(15-9(2)14)8-13(10)16-11/h5-8H,3-4H2,1-2H3. The molecule has 2 aromatic rings. The summed E-state index contributed by atoms with van der Waals surface area (Å²) in [4.78, 5) is 10.8. The van der Waals surface area contributed by atoms with Crippen LogP contribution in [0.4, 0.5) is 0 Å². The van der Waals surface area contributed by atoms with Crippen molar-refractivity contribution in [2.24, 2.45) is 0 Å². The summed E-state index contributed by atoms with van der Waals surface area (Å²) < 4.78 is 10.6. The third-order valence-electron chi connectivity index (χ3n) is 2.30. The van der Waals surface area contributed by atoms with E-state index in [0.717, 1.165) is 29.6 Å². The van der Waals surface area contributed by atoms with Crippen molar-refractivity contribution in [3.8, 4) is 5.75 Å². The molecule has 0 saturated carbocycles. The molecule has 3 nitrogen and oxygen atoms in total. The first kappa shape index (κ1) is 10.7. The molecule has 0 radical (unpaired) electrons. The summed E-state index contributed by atoms with van der Waals surface area (Å²) in [5.41, 5.74) is 0.766. The number of hydrogen-bond donors (Lipinski definition) is 0. The Morgan fingerprint density at radius 1 is 1.38 bits per heavy atom. The van der Waals surface area contributed by atoms with Crippen LogP contribution >= 0.6 is 0 Å². The van der Waals surface area contributed by atoms with Gasteiger partial charge < -0.3 is 9.15 Å². The van der Waals surface area contributed by atoms with Gasteiger partial charge in [-0.1, -0.05) is 6.92 Å². The Morgan fingerprint density at radius 2 is 2.19 bits per heavy atom. The monoisotopic (exact) mass is 218 g/mol. The highest BCUT2D eigenvalue weighted by atomic mass is 16.5. The molecule has 0 aliphatic heterocycles. The maximum Gasteiger partial charge on any atom is 0.308 e. The van der Waals surface area contributed by atoms with E-state index in [4.69, 9.17) is 9.15 Å². The highest BCUT2D eigenvalue weighted by Crippen LogP contribution is 2.25. The number of benzene rings is 1. The molecule has 0 saturated heterocycles. The minimum Gasteiger partial charge on any atom is -0.461 e. The first-order valence-electron chi connectivity index (χ1n) is 5.40. The van der Waals surface area contributed by atoms with Crippen molar-refractivity contribution >= 4 is 16.9 Å². The summed E-state index contributed by atoms with van der Waals surface area (Å²) in [7, 11) is 0. The molecule has 3 heteroatoms. The predicted octanol–water partition coefficient (Wildman–Crippen LogP) is 3.31. The van der Waals surface area contributed by atoms with Gasteiger partial charge in [0, 0.05) is 24.8 Å². The molecule has 0 spiro atoms. The van der Waals surface area contributed by atoms with Crippen LogP contribution < -0.4 is 4.74 Å². The van der Waals surface area contributed by atoms with E-state index in [1.54, 1.807) is 12.1 Å². The third-order valence-corrected chi connectivity index (χ3v) is 2.30. The van der Waals surface area contributed by atoms with Gasteiger partial charge in [-0.15, -0.1) is 0 Å². The van der Waals surface area contributed by atoms with Crippen molar-refractivity contribution < 1.29 is 13.9 Å². The van der Waals surface area contributed by atoms with Crippen molar-refractivity contribution in [2.45, 2.75) is 26.7 Å². The molecule has 0 aliphatic rings. The lowest BCUT2D eigenvalue weighted by Gasteiger charge is -1.99. The van der Waals surface area contributed by atoms with Crippen LogP contribution in [0.25, 0.3) is 11.0 Å². The molecule has 1 aromatic heterocycles. The van der Waals surface area contributed by atoms with Crippen molar-refractivity contribution in [2.75, 3.05) is 0 Å². The normalized spacial score (nSPS) is 10.6. The number of fused-ring (bicyclic) bond motifs is 1. The van der Waals surface area contributed by atoms with Gasteiger partial charge >= 0.3 is 5.97 Å². The Balaban J connectivity index is 2.33. The zero-order valence-electron chi connectivity index (χ0n) is 9.45. The van der Waals surface area contributed by atoms with Crippen molar-refractivity contribution in [1.82, 2.24) is 0 Å². The molecule has 84 valence electrons. The van der Waals surface area contributed by atoms with E-state index in [9.17, 15) is 4.79 Å². The molecule has 1 heterocycles. The highest BCUT2D eigenvalue weighted by Gasteiger charge is 2.05. The number of furan rings is 1. The lowest BCUT2D eigenvalue weighted by Crippen LogP contribution is -2.00. The number of aryl methyl sites for hydroxylation is 1. The SMILES string of the molecule is CCCc1cc2ccc(OC(C)=O)cc2o1. The molecule has 0 bridgehead atoms. The topological polar surface area (TPSA) is 39.4 Å². The van der Waals surface area contributed by atoms with Gasteiger partial charge in [0.15, 0.2) is 0 Å². The number of esters is 1. The van der Waals surface area contributed by atoms with Crippen LogP contribution in [0.2, 0.25) is 0 Å². The fraction of sp³-hybridized carbons (Fsp3) is 0.308. The second-order valence-corrected chi connectivity index (χ2v) is 3.76. The molecular formula is C13H14O3. The maximum absolute atomic E-state index is 10.8. The Hall–Kier alpha value is -1.77. The van der Waals surface area contributed by atoms with E-state index in [0.29, 0.717) is 5.75 Å². The molecule has 1 aromatic carbocycles. The molecule has 0 aliphatic carbocycles. The maximum atomic E-state index is 10.8. The van der Waals surface area contributed by atoms with Gasteiger partial charge in [0.05, 0.1) is 0 Å². The lowest BCUT2D eigenvalue weighted by atomic mass is 10.2. The fourth-order valence-electron chi connectivity index (χ4n) is 1.67. The summed E-state index contributed by atoms with van der Waals surface area (Å²) in [6.45, 7) is 3.49. The van der Waals surface area contributed by atoms with Crippen LogP contribution in [0.3, 0.4) is 0 Å². The lowest BCUT2D eigenvalue weighted by molar-refractivity contribution is -0.131. The van der Waals surface area contributed by atoms with Crippen molar-refractivity contribution in [1.29, 1.82) is 0 Å². The van der Waals surface area contributed by atoms with Crippen LogP contribution in [0.5, 0.6) is 5.75 Å². The third kappa shape index (κ3) is 2.24. The van der Waals surface area contributed by atoms with Crippen LogP contribution in [-0.2, 0) is 11.2 Å². The predicted molar refractivity (Wildman–Crippen MR) is 61.5 cm³/mol. The second-order valence-electron chi connectivity index (χ2n) is 3.76. The average Bonchev–Trinajstić information content (AvgIpc) is 2.59. The zero-order valence-corrected chi connectivity index (χ0v) is 9.45. The summed E-state index contributed by atoms with van der Waals surface area (Å²) >= 11 is 0. The Labute approximate surface area is 94.0 Å². The Morgan fingerprint density at radius 3 is 2.88 bits per heavy atom. The minimum atomic E-state index is -0.320. The second kappa shape index (κ2) is 4.39. The average molecular weight is 218 g/mol. The number of rotatable bonds is 3. The number of carbonyl (C=O) groups is 1. The van der Waals surface area contributed by atoms with E-state index >= 15 is 0 Å². The molecule has 0 unspecified atom stereocenters. The fourth-order valence-corrected chi connectivity index (χ4v) is 1.67. The van der Waals surface area contributed by atoms with Crippen LogP contribution in [0.15, 0.2) is 28.7 Å². The minimum absolute atomic E-state index is 0.320. The zero-order chi connectivity index (χ0) is 11.5.